The molecule has 8 nitrogen and oxygen atoms in total. The maximum Gasteiger partial charge on any atom is 0.174 e. The zero-order chi connectivity index (χ0) is 21.9. The van der Waals surface area contributed by atoms with E-state index in [1.165, 1.54) is 0 Å². The third kappa shape index (κ3) is 3.78. The highest BCUT2D eigenvalue weighted by molar-refractivity contribution is 6.01. The van der Waals surface area contributed by atoms with Crippen LogP contribution in [-0.4, -0.2) is 25.4 Å². The Labute approximate surface area is 185 Å². The van der Waals surface area contributed by atoms with Gasteiger partial charge in [0.25, 0.3) is 0 Å². The lowest BCUT2D eigenvalue weighted by molar-refractivity contribution is 0.119. The topological polar surface area (TPSA) is 118 Å². The van der Waals surface area contributed by atoms with Crippen molar-refractivity contribution in [3.8, 4) is 6.07 Å². The van der Waals surface area contributed by atoms with E-state index >= 15 is 0 Å². The molecule has 3 aromatic heterocycles. The molecule has 162 valence electrons. The quantitative estimate of drug-likeness (QED) is 0.269. The predicted molar refractivity (Wildman–Crippen MR) is 123 cm³/mol. The number of rotatable bonds is 6. The second kappa shape index (κ2) is 8.71. The molecule has 0 radical (unpaired) electrons. The van der Waals surface area contributed by atoms with Gasteiger partial charge in [-0.2, -0.15) is 5.26 Å². The summed E-state index contributed by atoms with van der Waals surface area (Å²) < 4.78 is 2.30. The van der Waals surface area contributed by atoms with Gasteiger partial charge in [0.2, 0.25) is 0 Å². The van der Waals surface area contributed by atoms with Crippen LogP contribution in [0.4, 0.5) is 0 Å². The number of aromatic nitrogens is 4. The maximum atomic E-state index is 9.06. The number of hydrogen-bond donors (Lipinski definition) is 2. The summed E-state index contributed by atoms with van der Waals surface area (Å²) in [5, 5.41) is 14.2. The number of nitrogens with two attached hydrogens (primary N) is 1. The Morgan fingerprint density at radius 1 is 1.22 bits per heavy atom. The predicted octanol–water partition coefficient (Wildman–Crippen LogP) is 4.39. The highest BCUT2D eigenvalue weighted by atomic mass is 16.6. The van der Waals surface area contributed by atoms with E-state index in [0.29, 0.717) is 24.2 Å². The molecule has 1 aromatic carbocycles. The van der Waals surface area contributed by atoms with Crippen molar-refractivity contribution in [3.05, 3.63) is 60.2 Å². The first-order chi connectivity index (χ1) is 15.7. The molecule has 3 N–H and O–H groups in total. The molecular formula is C24H25N7O. The van der Waals surface area contributed by atoms with Gasteiger partial charge in [-0.3, -0.25) is 0 Å². The van der Waals surface area contributed by atoms with Gasteiger partial charge in [0, 0.05) is 29.6 Å². The van der Waals surface area contributed by atoms with Crippen molar-refractivity contribution in [2.45, 2.75) is 44.8 Å². The summed E-state index contributed by atoms with van der Waals surface area (Å²) in [5.41, 5.74) is 9.65. The van der Waals surface area contributed by atoms with Crippen molar-refractivity contribution in [1.29, 1.82) is 5.26 Å². The van der Waals surface area contributed by atoms with Crippen LogP contribution in [-0.2, 0) is 11.4 Å². The second-order valence-electron chi connectivity index (χ2n) is 8.28. The minimum atomic E-state index is 0.215. The number of pyridine rings is 1. The molecule has 3 heterocycles. The molecule has 0 unspecified atom stereocenters. The van der Waals surface area contributed by atoms with Gasteiger partial charge in [-0.05, 0) is 37.7 Å². The van der Waals surface area contributed by atoms with Crippen molar-refractivity contribution in [1.82, 2.24) is 19.5 Å². The van der Waals surface area contributed by atoms with E-state index in [9.17, 15) is 0 Å². The monoisotopic (exact) mass is 427 g/mol. The van der Waals surface area contributed by atoms with Gasteiger partial charge >= 0.3 is 0 Å². The van der Waals surface area contributed by atoms with Gasteiger partial charge in [0.15, 0.2) is 18.3 Å². The number of nitriles is 1. The Kier molecular flexibility index (Phi) is 5.46. The van der Waals surface area contributed by atoms with E-state index in [4.69, 9.17) is 20.8 Å². The fraction of sp³-hybridized carbons (Fsp3) is 0.333. The van der Waals surface area contributed by atoms with E-state index in [2.05, 4.69) is 25.8 Å². The lowest BCUT2D eigenvalue weighted by atomic mass is 9.84. The summed E-state index contributed by atoms with van der Waals surface area (Å²) in [6.07, 6.45) is 8.43. The van der Waals surface area contributed by atoms with Crippen LogP contribution in [0.25, 0.3) is 22.1 Å². The average Bonchev–Trinajstić information content (AvgIpc) is 3.44. The van der Waals surface area contributed by atoms with Gasteiger partial charge in [-0.1, -0.05) is 35.5 Å². The Hall–Kier alpha value is -3.86. The summed E-state index contributed by atoms with van der Waals surface area (Å²) in [5.74, 6) is 1.62. The summed E-state index contributed by atoms with van der Waals surface area (Å²) in [4.78, 5) is 18.2. The van der Waals surface area contributed by atoms with Crippen LogP contribution in [0.1, 0.15) is 49.5 Å². The van der Waals surface area contributed by atoms with Crippen molar-refractivity contribution >= 4 is 27.9 Å². The third-order valence-corrected chi connectivity index (χ3v) is 6.29. The molecule has 0 amide bonds. The van der Waals surface area contributed by atoms with Crippen molar-refractivity contribution < 1.29 is 4.84 Å². The fourth-order valence-corrected chi connectivity index (χ4v) is 4.69. The summed E-state index contributed by atoms with van der Waals surface area (Å²) in [6.45, 7) is 0.215. The standard InChI is InChI=1S/C24H25N7O/c25-12-10-16-6-8-18(9-7-16)31-21(15-32-30-23(26)17-4-2-1-3-5-17)29-20-14-28-24-19(22(20)31)11-13-27-24/h1-5,11,13-14,16,18H,6-10,15H2,(H2,26,30)(H,27,28)/t16-,18-. The van der Waals surface area contributed by atoms with Crippen molar-refractivity contribution in [2.24, 2.45) is 16.8 Å². The first-order valence-corrected chi connectivity index (χ1v) is 10.9. The van der Waals surface area contributed by atoms with Gasteiger partial charge in [-0.15, -0.1) is 0 Å². The minimum Gasteiger partial charge on any atom is -0.386 e. The van der Waals surface area contributed by atoms with Crippen LogP contribution < -0.4 is 5.73 Å². The molecule has 0 atom stereocenters. The average molecular weight is 428 g/mol. The zero-order valence-corrected chi connectivity index (χ0v) is 17.7. The molecule has 8 heteroatoms. The molecule has 1 aliphatic carbocycles. The van der Waals surface area contributed by atoms with E-state index in [1.54, 1.807) is 6.20 Å². The van der Waals surface area contributed by atoms with Crippen LogP contribution in [0.3, 0.4) is 0 Å². The second-order valence-corrected chi connectivity index (χ2v) is 8.28. The zero-order valence-electron chi connectivity index (χ0n) is 17.7. The molecule has 0 spiro atoms. The summed E-state index contributed by atoms with van der Waals surface area (Å²) in [7, 11) is 0. The van der Waals surface area contributed by atoms with E-state index in [-0.39, 0.29) is 6.61 Å². The highest BCUT2D eigenvalue weighted by Crippen LogP contribution is 2.38. The number of fused-ring (bicyclic) bond motifs is 3. The lowest BCUT2D eigenvalue weighted by Gasteiger charge is -2.29. The van der Waals surface area contributed by atoms with Gasteiger partial charge < -0.3 is 20.1 Å². The molecule has 0 aliphatic heterocycles. The third-order valence-electron chi connectivity index (χ3n) is 6.29. The van der Waals surface area contributed by atoms with Gasteiger partial charge in [0.1, 0.15) is 11.2 Å². The first kappa shape index (κ1) is 20.1. The van der Waals surface area contributed by atoms with Crippen LogP contribution in [0.15, 0.2) is 53.9 Å². The van der Waals surface area contributed by atoms with Crippen LogP contribution in [0.5, 0.6) is 0 Å². The first-order valence-electron chi connectivity index (χ1n) is 10.9. The van der Waals surface area contributed by atoms with Crippen LogP contribution in [0, 0.1) is 17.2 Å². The Bertz CT molecular complexity index is 1290. The SMILES string of the molecule is N#CC[C@H]1CC[C@H](n2c(CO/N=C(\N)c3ccccc3)nc3cnc4[nH]ccc4c32)CC1. The largest absolute Gasteiger partial charge is 0.386 e. The molecule has 0 bridgehead atoms. The molecule has 1 saturated carbocycles. The van der Waals surface area contributed by atoms with E-state index in [0.717, 1.165) is 59.1 Å². The van der Waals surface area contributed by atoms with E-state index < -0.39 is 0 Å². The number of benzene rings is 1. The number of H-pyrrole nitrogens is 1. The molecule has 4 aromatic rings. The number of hydrogen-bond acceptors (Lipinski definition) is 5. The van der Waals surface area contributed by atoms with Crippen molar-refractivity contribution in [3.63, 3.8) is 0 Å². The minimum absolute atomic E-state index is 0.215. The molecule has 32 heavy (non-hydrogen) atoms. The molecule has 1 aliphatic rings. The maximum absolute atomic E-state index is 9.06. The number of aromatic amines is 1. The van der Waals surface area contributed by atoms with Gasteiger partial charge in [-0.25, -0.2) is 9.97 Å². The van der Waals surface area contributed by atoms with Crippen molar-refractivity contribution in [2.75, 3.05) is 0 Å². The smallest absolute Gasteiger partial charge is 0.174 e. The summed E-state index contributed by atoms with van der Waals surface area (Å²) >= 11 is 0. The normalized spacial score (nSPS) is 19.3. The van der Waals surface area contributed by atoms with Crippen LogP contribution >= 0.6 is 0 Å². The van der Waals surface area contributed by atoms with Gasteiger partial charge in [0.05, 0.1) is 17.8 Å². The lowest BCUT2D eigenvalue weighted by Crippen LogP contribution is -2.20. The highest BCUT2D eigenvalue weighted by Gasteiger charge is 2.27. The molecule has 5 rings (SSSR count). The molecule has 0 saturated heterocycles. The molecular weight excluding hydrogens is 402 g/mol. The summed E-state index contributed by atoms with van der Waals surface area (Å²) in [6, 6.07) is 14.2. The number of amidine groups is 1. The molecule has 1 fully saturated rings. The van der Waals surface area contributed by atoms with E-state index in [1.807, 2.05) is 42.6 Å². The number of oxime groups is 1. The number of nitrogens with one attached hydrogen (secondary N) is 1. The fourth-order valence-electron chi connectivity index (χ4n) is 4.69. The van der Waals surface area contributed by atoms with Crippen LogP contribution in [0.2, 0.25) is 0 Å². The number of imidazole rings is 1. The Morgan fingerprint density at radius 3 is 2.81 bits per heavy atom. The Morgan fingerprint density at radius 2 is 2.03 bits per heavy atom. The number of nitrogens with zero attached hydrogens (tertiary/aromatic N) is 5. The Balaban J connectivity index is 1.47.